The van der Waals surface area contributed by atoms with Crippen molar-refractivity contribution in [1.82, 2.24) is 5.32 Å². The van der Waals surface area contributed by atoms with Crippen LogP contribution in [0.4, 0.5) is 0 Å². The fourth-order valence-electron chi connectivity index (χ4n) is 2.35. The maximum atomic E-state index is 12.5. The highest BCUT2D eigenvalue weighted by atomic mass is 16.1. The number of hydrogen-bond acceptors (Lipinski definition) is 2. The summed E-state index contributed by atoms with van der Waals surface area (Å²) in [5, 5.41) is 3.13. The number of Topliss-reactive ketones (excluding diaryl/α,β-unsaturated/α-hetero) is 1. The molecule has 20 heavy (non-hydrogen) atoms. The molecule has 2 heteroatoms. The Morgan fingerprint density at radius 1 is 1.00 bits per heavy atom. The molecule has 2 rings (SSSR count). The van der Waals surface area contributed by atoms with Gasteiger partial charge in [-0.25, -0.2) is 0 Å². The van der Waals surface area contributed by atoms with Crippen LogP contribution in [0.1, 0.15) is 27.0 Å². The van der Waals surface area contributed by atoms with Gasteiger partial charge in [-0.2, -0.15) is 0 Å². The van der Waals surface area contributed by atoms with Gasteiger partial charge in [0.15, 0.2) is 5.78 Å². The Balaban J connectivity index is 2.19. The Morgan fingerprint density at radius 3 is 2.35 bits per heavy atom. The van der Waals surface area contributed by atoms with Crippen LogP contribution in [0.2, 0.25) is 0 Å². The van der Waals surface area contributed by atoms with E-state index >= 15 is 0 Å². The minimum absolute atomic E-state index is 0.200. The average molecular weight is 267 g/mol. The second-order valence-electron chi connectivity index (χ2n) is 5.04. The van der Waals surface area contributed by atoms with Gasteiger partial charge >= 0.3 is 0 Å². The van der Waals surface area contributed by atoms with Crippen molar-refractivity contribution >= 4 is 5.78 Å². The van der Waals surface area contributed by atoms with Crippen molar-refractivity contribution < 1.29 is 4.79 Å². The Hall–Kier alpha value is -1.93. The molecule has 0 saturated carbocycles. The number of benzene rings is 2. The van der Waals surface area contributed by atoms with E-state index in [1.807, 2.05) is 49.5 Å². The number of carbonyl (C=O) groups is 1. The number of rotatable bonds is 6. The van der Waals surface area contributed by atoms with Gasteiger partial charge in [-0.15, -0.1) is 0 Å². The lowest BCUT2D eigenvalue weighted by Crippen LogP contribution is -2.14. The van der Waals surface area contributed by atoms with Crippen LogP contribution in [0, 0.1) is 6.92 Å². The molecule has 0 aromatic heterocycles. The van der Waals surface area contributed by atoms with Gasteiger partial charge in [0, 0.05) is 12.0 Å². The molecular weight excluding hydrogens is 246 g/mol. The quantitative estimate of drug-likeness (QED) is 0.814. The molecule has 0 saturated heterocycles. The minimum Gasteiger partial charge on any atom is -0.319 e. The molecule has 0 amide bonds. The maximum absolute atomic E-state index is 12.5. The van der Waals surface area contributed by atoms with Gasteiger partial charge in [-0.1, -0.05) is 48.5 Å². The van der Waals surface area contributed by atoms with Crippen LogP contribution >= 0.6 is 0 Å². The van der Waals surface area contributed by atoms with Gasteiger partial charge in [-0.3, -0.25) is 4.79 Å². The first-order valence-corrected chi connectivity index (χ1v) is 7.02. The third-order valence-electron chi connectivity index (χ3n) is 3.57. The molecule has 2 aromatic rings. The number of hydrogen-bond donors (Lipinski definition) is 1. The monoisotopic (exact) mass is 267 g/mol. The van der Waals surface area contributed by atoms with E-state index in [4.69, 9.17) is 0 Å². The first kappa shape index (κ1) is 14.5. The predicted molar refractivity (Wildman–Crippen MR) is 83.3 cm³/mol. The average Bonchev–Trinajstić information content (AvgIpc) is 2.47. The lowest BCUT2D eigenvalue weighted by molar-refractivity contribution is 0.0992. The van der Waals surface area contributed by atoms with E-state index in [1.165, 1.54) is 5.56 Å². The largest absolute Gasteiger partial charge is 0.319 e. The van der Waals surface area contributed by atoms with Crippen molar-refractivity contribution in [2.75, 3.05) is 13.6 Å². The number of likely N-dealkylation sites (N-methyl/N-ethyl adjacent to an activating group) is 1. The fraction of sp³-hybridized carbons (Fsp3) is 0.278. The van der Waals surface area contributed by atoms with Crippen molar-refractivity contribution in [3.63, 3.8) is 0 Å². The molecular formula is C18H21NO. The van der Waals surface area contributed by atoms with Gasteiger partial charge in [0.25, 0.3) is 0 Å². The Kier molecular flexibility index (Phi) is 5.08. The van der Waals surface area contributed by atoms with E-state index < -0.39 is 0 Å². The third kappa shape index (κ3) is 3.55. The zero-order valence-corrected chi connectivity index (χ0v) is 12.1. The van der Waals surface area contributed by atoms with E-state index in [2.05, 4.69) is 18.3 Å². The van der Waals surface area contributed by atoms with Crippen molar-refractivity contribution in [3.8, 4) is 0 Å². The molecule has 0 spiro atoms. The first-order chi connectivity index (χ1) is 9.72. The normalized spacial score (nSPS) is 10.5. The van der Waals surface area contributed by atoms with E-state index in [0.717, 1.165) is 29.7 Å². The molecule has 0 fully saturated rings. The van der Waals surface area contributed by atoms with Crippen molar-refractivity contribution in [2.24, 2.45) is 0 Å². The molecule has 2 aromatic carbocycles. The molecule has 0 heterocycles. The number of aryl methyl sites for hydroxylation is 1. The topological polar surface area (TPSA) is 29.1 Å². The van der Waals surface area contributed by atoms with E-state index in [1.54, 1.807) is 0 Å². The molecule has 0 radical (unpaired) electrons. The molecule has 1 N–H and O–H groups in total. The summed E-state index contributed by atoms with van der Waals surface area (Å²) in [4.78, 5) is 12.5. The summed E-state index contributed by atoms with van der Waals surface area (Å²) in [6.07, 6.45) is 1.36. The van der Waals surface area contributed by atoms with Gasteiger partial charge in [0.05, 0.1) is 0 Å². The van der Waals surface area contributed by atoms with E-state index in [9.17, 15) is 4.79 Å². The van der Waals surface area contributed by atoms with Gasteiger partial charge in [0.1, 0.15) is 0 Å². The van der Waals surface area contributed by atoms with Crippen LogP contribution in [0.5, 0.6) is 0 Å². The Bertz CT molecular complexity index is 589. The molecule has 0 unspecified atom stereocenters. The lowest BCUT2D eigenvalue weighted by Gasteiger charge is -2.09. The Labute approximate surface area is 120 Å². The summed E-state index contributed by atoms with van der Waals surface area (Å²) in [5.41, 5.74) is 4.26. The molecule has 0 aliphatic carbocycles. The van der Waals surface area contributed by atoms with Crippen LogP contribution in [0.25, 0.3) is 0 Å². The van der Waals surface area contributed by atoms with Crippen molar-refractivity contribution in [1.29, 1.82) is 0 Å². The van der Waals surface area contributed by atoms with Crippen LogP contribution in [0.3, 0.4) is 0 Å². The summed E-state index contributed by atoms with van der Waals surface area (Å²) in [6.45, 7) is 2.93. The second-order valence-corrected chi connectivity index (χ2v) is 5.04. The smallest absolute Gasteiger partial charge is 0.167 e. The van der Waals surface area contributed by atoms with Crippen molar-refractivity contribution in [2.45, 2.75) is 19.8 Å². The molecule has 0 bridgehead atoms. The van der Waals surface area contributed by atoms with Crippen molar-refractivity contribution in [3.05, 3.63) is 70.8 Å². The minimum atomic E-state index is 0.200. The summed E-state index contributed by atoms with van der Waals surface area (Å²) < 4.78 is 0. The number of carbonyl (C=O) groups excluding carboxylic acids is 1. The van der Waals surface area contributed by atoms with Crippen LogP contribution in [-0.2, 0) is 12.8 Å². The fourth-order valence-corrected chi connectivity index (χ4v) is 2.35. The zero-order chi connectivity index (χ0) is 14.4. The van der Waals surface area contributed by atoms with Gasteiger partial charge in [0.2, 0.25) is 0 Å². The summed E-state index contributed by atoms with van der Waals surface area (Å²) in [7, 11) is 1.93. The summed E-state index contributed by atoms with van der Waals surface area (Å²) >= 11 is 0. The highest BCUT2D eigenvalue weighted by Gasteiger charge is 2.12. The first-order valence-electron chi connectivity index (χ1n) is 7.02. The highest BCUT2D eigenvalue weighted by Crippen LogP contribution is 2.15. The molecule has 2 nitrogen and oxygen atoms in total. The SMILES string of the molecule is CNCCc1ccccc1C(=O)Cc1ccccc1C. The van der Waals surface area contributed by atoms with Gasteiger partial charge < -0.3 is 5.32 Å². The molecule has 0 aliphatic heterocycles. The van der Waals surface area contributed by atoms with E-state index in [-0.39, 0.29) is 5.78 Å². The second kappa shape index (κ2) is 7.01. The van der Waals surface area contributed by atoms with Crippen LogP contribution < -0.4 is 5.32 Å². The highest BCUT2D eigenvalue weighted by molar-refractivity contribution is 5.99. The number of ketones is 1. The maximum Gasteiger partial charge on any atom is 0.167 e. The zero-order valence-electron chi connectivity index (χ0n) is 12.1. The van der Waals surface area contributed by atoms with Crippen LogP contribution in [-0.4, -0.2) is 19.4 Å². The molecule has 104 valence electrons. The van der Waals surface area contributed by atoms with E-state index in [0.29, 0.717) is 6.42 Å². The van der Waals surface area contributed by atoms with Gasteiger partial charge in [-0.05, 0) is 43.6 Å². The lowest BCUT2D eigenvalue weighted by atomic mass is 9.95. The predicted octanol–water partition coefficient (Wildman–Crippen LogP) is 3.18. The number of nitrogens with one attached hydrogen (secondary N) is 1. The summed E-state index contributed by atoms with van der Waals surface area (Å²) in [5.74, 6) is 0.200. The standard InChI is InChI=1S/C18H21NO/c1-14-7-3-4-9-16(14)13-18(20)17-10-6-5-8-15(17)11-12-19-2/h3-10,19H,11-13H2,1-2H3. The third-order valence-corrected chi connectivity index (χ3v) is 3.57. The Morgan fingerprint density at radius 2 is 1.65 bits per heavy atom. The van der Waals surface area contributed by atoms with Crippen LogP contribution in [0.15, 0.2) is 48.5 Å². The molecule has 0 atom stereocenters. The summed E-state index contributed by atoms with van der Waals surface area (Å²) in [6, 6.07) is 16.0. The molecule has 0 aliphatic rings.